The van der Waals surface area contributed by atoms with Crippen LogP contribution in [0.4, 0.5) is 0 Å². The Balaban J connectivity index is 3.02. The third-order valence-electron chi connectivity index (χ3n) is 1.72. The summed E-state index contributed by atoms with van der Waals surface area (Å²) in [6, 6.07) is 0. The van der Waals surface area contributed by atoms with E-state index in [1.165, 1.54) is 19.3 Å². The Bertz CT molecular complexity index is 76.0. The lowest BCUT2D eigenvalue weighted by Gasteiger charge is -2.11. The molecule has 1 atom stereocenters. The molecule has 0 aromatic rings. The summed E-state index contributed by atoms with van der Waals surface area (Å²) in [5.74, 6) is 0. The smallest absolute Gasteiger partial charge is 0.0594 e. The van der Waals surface area contributed by atoms with E-state index in [0.717, 1.165) is 13.2 Å². The van der Waals surface area contributed by atoms with Gasteiger partial charge in [0.25, 0.3) is 0 Å². The highest BCUT2D eigenvalue weighted by atomic mass is 16.5. The van der Waals surface area contributed by atoms with Crippen molar-refractivity contribution < 1.29 is 4.74 Å². The van der Waals surface area contributed by atoms with Crippen LogP contribution in [0.25, 0.3) is 0 Å². The van der Waals surface area contributed by atoms with Gasteiger partial charge in [-0.05, 0) is 20.4 Å². The number of unbranched alkanes of at least 4 members (excludes halogenated alkanes) is 1. The molecule has 0 amide bonds. The molecule has 0 aliphatic heterocycles. The molecule has 1 unspecified atom stereocenters. The number of likely N-dealkylation sites (N-methyl/N-ethyl adjacent to an activating group) is 1. The highest BCUT2D eigenvalue weighted by Gasteiger charge is 1.99. The molecule has 0 spiro atoms. The second-order valence-electron chi connectivity index (χ2n) is 2.93. The van der Waals surface area contributed by atoms with Crippen LogP contribution >= 0.6 is 0 Å². The van der Waals surface area contributed by atoms with Crippen LogP contribution in [0.2, 0.25) is 0 Å². The van der Waals surface area contributed by atoms with Crippen molar-refractivity contribution in [3.63, 3.8) is 0 Å². The normalized spacial score (nSPS) is 13.4. The highest BCUT2D eigenvalue weighted by Crippen LogP contribution is 2.02. The Morgan fingerprint density at radius 2 is 2.18 bits per heavy atom. The largest absolute Gasteiger partial charge is 0.377 e. The van der Waals surface area contributed by atoms with Gasteiger partial charge in [0.1, 0.15) is 0 Å². The van der Waals surface area contributed by atoms with Gasteiger partial charge in [-0.1, -0.05) is 19.8 Å². The standard InChI is InChI=1S/C9H21NO/c1-4-5-6-9(2)11-8-7-10-3/h9-10H,4-8H2,1-3H3. The fourth-order valence-corrected chi connectivity index (χ4v) is 0.937. The molecule has 68 valence electrons. The third-order valence-corrected chi connectivity index (χ3v) is 1.72. The Labute approximate surface area is 70.3 Å². The van der Waals surface area contributed by atoms with E-state index in [1.54, 1.807) is 0 Å². The Morgan fingerprint density at radius 3 is 2.73 bits per heavy atom. The average Bonchev–Trinajstić information content (AvgIpc) is 2.01. The van der Waals surface area contributed by atoms with Crippen molar-refractivity contribution in [2.75, 3.05) is 20.2 Å². The van der Waals surface area contributed by atoms with Gasteiger partial charge in [0.15, 0.2) is 0 Å². The number of hydrogen-bond acceptors (Lipinski definition) is 2. The number of rotatable bonds is 7. The molecule has 0 bridgehead atoms. The molecule has 0 heterocycles. The molecule has 11 heavy (non-hydrogen) atoms. The minimum atomic E-state index is 0.434. The van der Waals surface area contributed by atoms with Crippen molar-refractivity contribution in [2.45, 2.75) is 39.2 Å². The Morgan fingerprint density at radius 1 is 1.45 bits per heavy atom. The maximum atomic E-state index is 5.52. The van der Waals surface area contributed by atoms with E-state index in [-0.39, 0.29) is 0 Å². The first-order valence-corrected chi connectivity index (χ1v) is 4.57. The van der Waals surface area contributed by atoms with Crippen molar-refractivity contribution in [2.24, 2.45) is 0 Å². The maximum Gasteiger partial charge on any atom is 0.0594 e. The minimum Gasteiger partial charge on any atom is -0.377 e. The van der Waals surface area contributed by atoms with Gasteiger partial charge in [-0.25, -0.2) is 0 Å². The lowest BCUT2D eigenvalue weighted by molar-refractivity contribution is 0.0616. The zero-order valence-electron chi connectivity index (χ0n) is 8.02. The molecule has 2 heteroatoms. The second-order valence-corrected chi connectivity index (χ2v) is 2.93. The highest BCUT2D eigenvalue weighted by molar-refractivity contribution is 4.50. The lowest BCUT2D eigenvalue weighted by atomic mass is 10.2. The van der Waals surface area contributed by atoms with Crippen molar-refractivity contribution in [1.82, 2.24) is 5.32 Å². The quantitative estimate of drug-likeness (QED) is 0.572. The summed E-state index contributed by atoms with van der Waals surface area (Å²) in [6.07, 6.45) is 4.17. The lowest BCUT2D eigenvalue weighted by Crippen LogP contribution is -2.18. The number of nitrogens with one attached hydrogen (secondary N) is 1. The van der Waals surface area contributed by atoms with E-state index in [0.29, 0.717) is 6.10 Å². The molecule has 0 aromatic carbocycles. The summed E-state index contributed by atoms with van der Waals surface area (Å²) >= 11 is 0. The van der Waals surface area contributed by atoms with Gasteiger partial charge < -0.3 is 10.1 Å². The average molecular weight is 159 g/mol. The minimum absolute atomic E-state index is 0.434. The predicted octanol–water partition coefficient (Wildman–Crippen LogP) is 1.80. The van der Waals surface area contributed by atoms with Gasteiger partial charge in [-0.3, -0.25) is 0 Å². The molecule has 0 radical (unpaired) electrons. The molecular weight excluding hydrogens is 138 g/mol. The molecule has 0 aliphatic carbocycles. The van der Waals surface area contributed by atoms with Gasteiger partial charge in [0.2, 0.25) is 0 Å². The first kappa shape index (κ1) is 10.9. The van der Waals surface area contributed by atoms with Gasteiger partial charge in [0.05, 0.1) is 12.7 Å². The topological polar surface area (TPSA) is 21.3 Å². The zero-order chi connectivity index (χ0) is 8.53. The molecular formula is C9H21NO. The molecule has 0 saturated heterocycles. The van der Waals surface area contributed by atoms with Crippen molar-refractivity contribution in [1.29, 1.82) is 0 Å². The van der Waals surface area contributed by atoms with E-state index in [2.05, 4.69) is 19.2 Å². The maximum absolute atomic E-state index is 5.52. The summed E-state index contributed by atoms with van der Waals surface area (Å²) in [6.45, 7) is 6.14. The van der Waals surface area contributed by atoms with Crippen LogP contribution < -0.4 is 5.32 Å². The Hall–Kier alpha value is -0.0800. The molecule has 0 fully saturated rings. The summed E-state index contributed by atoms with van der Waals surface area (Å²) in [5, 5.41) is 3.05. The SMILES string of the molecule is CCCCC(C)OCCNC. The first-order valence-electron chi connectivity index (χ1n) is 4.57. The molecule has 1 N–H and O–H groups in total. The van der Waals surface area contributed by atoms with E-state index in [1.807, 2.05) is 7.05 Å². The summed E-state index contributed by atoms with van der Waals surface area (Å²) < 4.78 is 5.52. The molecule has 0 aliphatic rings. The van der Waals surface area contributed by atoms with Crippen LogP contribution in [0.5, 0.6) is 0 Å². The van der Waals surface area contributed by atoms with E-state index >= 15 is 0 Å². The van der Waals surface area contributed by atoms with Crippen LogP contribution in [0.15, 0.2) is 0 Å². The van der Waals surface area contributed by atoms with Crippen LogP contribution in [-0.2, 0) is 4.74 Å². The van der Waals surface area contributed by atoms with Gasteiger partial charge in [-0.2, -0.15) is 0 Å². The number of hydrogen-bond donors (Lipinski definition) is 1. The molecule has 0 aromatic heterocycles. The van der Waals surface area contributed by atoms with Gasteiger partial charge >= 0.3 is 0 Å². The van der Waals surface area contributed by atoms with E-state index in [4.69, 9.17) is 4.74 Å². The summed E-state index contributed by atoms with van der Waals surface area (Å²) in [5.41, 5.74) is 0. The van der Waals surface area contributed by atoms with Crippen molar-refractivity contribution >= 4 is 0 Å². The van der Waals surface area contributed by atoms with Crippen molar-refractivity contribution in [3.8, 4) is 0 Å². The second kappa shape index (κ2) is 8.02. The monoisotopic (exact) mass is 159 g/mol. The molecule has 0 saturated carbocycles. The van der Waals surface area contributed by atoms with Gasteiger partial charge in [0, 0.05) is 6.54 Å². The molecule has 2 nitrogen and oxygen atoms in total. The number of ether oxygens (including phenoxy) is 1. The summed E-state index contributed by atoms with van der Waals surface area (Å²) in [7, 11) is 1.94. The predicted molar refractivity (Wildman–Crippen MR) is 48.9 cm³/mol. The van der Waals surface area contributed by atoms with E-state index < -0.39 is 0 Å². The van der Waals surface area contributed by atoms with Crippen molar-refractivity contribution in [3.05, 3.63) is 0 Å². The van der Waals surface area contributed by atoms with Crippen LogP contribution in [0.3, 0.4) is 0 Å². The Kier molecular flexibility index (Phi) is 7.96. The van der Waals surface area contributed by atoms with Crippen LogP contribution in [0, 0.1) is 0 Å². The first-order chi connectivity index (χ1) is 5.31. The fourth-order valence-electron chi connectivity index (χ4n) is 0.937. The van der Waals surface area contributed by atoms with Crippen LogP contribution in [0.1, 0.15) is 33.1 Å². The van der Waals surface area contributed by atoms with E-state index in [9.17, 15) is 0 Å². The fraction of sp³-hybridized carbons (Fsp3) is 1.00. The third kappa shape index (κ3) is 7.82. The zero-order valence-corrected chi connectivity index (χ0v) is 8.02. The van der Waals surface area contributed by atoms with Crippen LogP contribution in [-0.4, -0.2) is 26.3 Å². The van der Waals surface area contributed by atoms with Gasteiger partial charge in [-0.15, -0.1) is 0 Å². The molecule has 0 rings (SSSR count). The summed E-state index contributed by atoms with van der Waals surface area (Å²) in [4.78, 5) is 0.